The largest absolute Gasteiger partial charge is 0.483 e. The number of carbonyl (C=O) groups is 1. The lowest BCUT2D eigenvalue weighted by Crippen LogP contribution is -2.20. The number of hydrogen-bond acceptors (Lipinski definition) is 3. The first-order chi connectivity index (χ1) is 15.5. The maximum absolute atomic E-state index is 12.5. The van der Waals surface area contributed by atoms with Gasteiger partial charge in [0.25, 0.3) is 5.91 Å². The van der Waals surface area contributed by atoms with Crippen LogP contribution in [0.3, 0.4) is 0 Å². The summed E-state index contributed by atoms with van der Waals surface area (Å²) in [6, 6.07) is 16.0. The van der Waals surface area contributed by atoms with E-state index < -0.39 is 0 Å². The number of aryl methyl sites for hydroxylation is 1. The van der Waals surface area contributed by atoms with Gasteiger partial charge in [-0.25, -0.2) is 0 Å². The van der Waals surface area contributed by atoms with Gasteiger partial charge in [0.2, 0.25) is 0 Å². The van der Waals surface area contributed by atoms with Crippen LogP contribution in [0.5, 0.6) is 5.75 Å². The molecule has 4 rings (SSSR count). The number of hydrogen-bond donors (Lipinski definition) is 1. The van der Waals surface area contributed by atoms with Crippen molar-refractivity contribution >= 4 is 33.4 Å². The Morgan fingerprint density at radius 1 is 1.00 bits per heavy atom. The Bertz CT molecular complexity index is 1210. The van der Waals surface area contributed by atoms with E-state index in [0.29, 0.717) is 18.3 Å². The van der Waals surface area contributed by atoms with Crippen LogP contribution in [0.2, 0.25) is 0 Å². The molecule has 0 saturated carbocycles. The fraction of sp³-hybridized carbons (Fsp3) is 0.346. The molecule has 0 aliphatic carbocycles. The monoisotopic (exact) mass is 433 g/mol. The second-order valence-corrected chi connectivity index (χ2v) is 8.49. The standard InChI is InChI=1S/C26H31N3O3/c1-19(2)9-12-28-13-10-20-17-21(7-8-23(20)28)27-26(30)18-32-25-6-4-5-24-22(25)11-14-29(24)15-16-31-3/h4-8,10-11,13-14,17,19H,9,12,15-16,18H2,1-3H3,(H,27,30). The number of benzene rings is 2. The van der Waals surface area contributed by atoms with Crippen LogP contribution in [0.15, 0.2) is 60.9 Å². The van der Waals surface area contributed by atoms with Gasteiger partial charge in [0.05, 0.1) is 12.1 Å². The van der Waals surface area contributed by atoms with Gasteiger partial charge in [0.15, 0.2) is 6.61 Å². The lowest BCUT2D eigenvalue weighted by Gasteiger charge is -2.10. The molecule has 168 valence electrons. The van der Waals surface area contributed by atoms with E-state index in [2.05, 4.69) is 46.6 Å². The molecule has 1 N–H and O–H groups in total. The summed E-state index contributed by atoms with van der Waals surface area (Å²) in [5.74, 6) is 1.19. The van der Waals surface area contributed by atoms with Gasteiger partial charge >= 0.3 is 0 Å². The number of anilines is 1. The van der Waals surface area contributed by atoms with Gasteiger partial charge in [-0.3, -0.25) is 4.79 Å². The fourth-order valence-electron chi connectivity index (χ4n) is 3.92. The summed E-state index contributed by atoms with van der Waals surface area (Å²) >= 11 is 0. The Labute approximate surface area is 188 Å². The number of nitrogens with one attached hydrogen (secondary N) is 1. The molecule has 2 aromatic heterocycles. The van der Waals surface area contributed by atoms with Crippen LogP contribution in [-0.2, 0) is 22.6 Å². The summed E-state index contributed by atoms with van der Waals surface area (Å²) in [4.78, 5) is 12.5. The molecule has 2 aromatic carbocycles. The number of amides is 1. The molecule has 0 radical (unpaired) electrons. The van der Waals surface area contributed by atoms with Crippen molar-refractivity contribution in [1.82, 2.24) is 9.13 Å². The SMILES string of the molecule is COCCn1ccc2c(OCC(=O)Nc3ccc4c(ccn4CCC(C)C)c3)cccc21. The minimum atomic E-state index is -0.181. The van der Waals surface area contributed by atoms with E-state index in [1.54, 1.807) is 7.11 Å². The Morgan fingerprint density at radius 2 is 1.81 bits per heavy atom. The van der Waals surface area contributed by atoms with E-state index in [-0.39, 0.29) is 12.5 Å². The predicted octanol–water partition coefficient (Wildman–Crippen LogP) is 5.31. The second-order valence-electron chi connectivity index (χ2n) is 8.49. The van der Waals surface area contributed by atoms with Crippen LogP contribution in [0.1, 0.15) is 20.3 Å². The number of methoxy groups -OCH3 is 1. The van der Waals surface area contributed by atoms with Crippen LogP contribution in [-0.4, -0.2) is 35.4 Å². The van der Waals surface area contributed by atoms with Crippen LogP contribution >= 0.6 is 0 Å². The van der Waals surface area contributed by atoms with E-state index in [1.165, 1.54) is 5.52 Å². The molecule has 0 fully saturated rings. The summed E-state index contributed by atoms with van der Waals surface area (Å²) < 4.78 is 15.4. The molecule has 0 spiro atoms. The molecule has 0 atom stereocenters. The van der Waals surface area contributed by atoms with Crippen molar-refractivity contribution in [2.75, 3.05) is 25.6 Å². The summed E-state index contributed by atoms with van der Waals surface area (Å²) in [5, 5.41) is 5.06. The van der Waals surface area contributed by atoms with E-state index in [9.17, 15) is 4.79 Å². The zero-order chi connectivity index (χ0) is 22.5. The first-order valence-corrected chi connectivity index (χ1v) is 11.1. The Hall–Kier alpha value is -3.25. The third kappa shape index (κ3) is 4.97. The van der Waals surface area contributed by atoms with Crippen molar-refractivity contribution in [1.29, 1.82) is 0 Å². The van der Waals surface area contributed by atoms with E-state index in [4.69, 9.17) is 9.47 Å². The smallest absolute Gasteiger partial charge is 0.262 e. The first-order valence-electron chi connectivity index (χ1n) is 11.1. The van der Waals surface area contributed by atoms with Gasteiger partial charge in [0.1, 0.15) is 5.75 Å². The van der Waals surface area contributed by atoms with E-state index >= 15 is 0 Å². The molecular weight excluding hydrogens is 402 g/mol. The van der Waals surface area contributed by atoms with Gasteiger partial charge in [-0.2, -0.15) is 0 Å². The fourth-order valence-corrected chi connectivity index (χ4v) is 3.92. The number of aromatic nitrogens is 2. The average Bonchev–Trinajstić information content (AvgIpc) is 3.38. The molecule has 6 heteroatoms. The summed E-state index contributed by atoms with van der Waals surface area (Å²) in [7, 11) is 1.69. The molecule has 32 heavy (non-hydrogen) atoms. The number of ether oxygens (including phenoxy) is 2. The normalized spacial score (nSPS) is 11.5. The molecule has 0 aliphatic heterocycles. The maximum Gasteiger partial charge on any atom is 0.262 e. The van der Waals surface area contributed by atoms with Crippen molar-refractivity contribution in [2.45, 2.75) is 33.4 Å². The Kier molecular flexibility index (Phi) is 6.81. The molecule has 1 amide bonds. The highest BCUT2D eigenvalue weighted by Crippen LogP contribution is 2.27. The summed E-state index contributed by atoms with van der Waals surface area (Å²) in [6.45, 7) is 6.83. The summed E-state index contributed by atoms with van der Waals surface area (Å²) in [5.41, 5.74) is 3.02. The molecule has 0 saturated heterocycles. The minimum absolute atomic E-state index is 0.0458. The second kappa shape index (κ2) is 9.92. The van der Waals surface area contributed by atoms with Gasteiger partial charge in [-0.05, 0) is 54.8 Å². The van der Waals surface area contributed by atoms with Crippen LogP contribution in [0.25, 0.3) is 21.8 Å². The molecular formula is C26H31N3O3. The van der Waals surface area contributed by atoms with Gasteiger partial charge in [0, 0.05) is 54.6 Å². The molecule has 0 bridgehead atoms. The zero-order valence-corrected chi connectivity index (χ0v) is 19.0. The van der Waals surface area contributed by atoms with Crippen molar-refractivity contribution in [3.8, 4) is 5.75 Å². The lowest BCUT2D eigenvalue weighted by molar-refractivity contribution is -0.118. The van der Waals surface area contributed by atoms with E-state index in [0.717, 1.165) is 41.5 Å². The third-order valence-corrected chi connectivity index (χ3v) is 5.67. The number of fused-ring (bicyclic) bond motifs is 2. The topological polar surface area (TPSA) is 57.4 Å². The Morgan fingerprint density at radius 3 is 2.62 bits per heavy atom. The van der Waals surface area contributed by atoms with Crippen molar-refractivity contribution in [3.05, 3.63) is 60.9 Å². The van der Waals surface area contributed by atoms with Crippen molar-refractivity contribution in [2.24, 2.45) is 5.92 Å². The van der Waals surface area contributed by atoms with Crippen LogP contribution < -0.4 is 10.1 Å². The third-order valence-electron chi connectivity index (χ3n) is 5.67. The van der Waals surface area contributed by atoms with Gasteiger partial charge < -0.3 is 23.9 Å². The van der Waals surface area contributed by atoms with Gasteiger partial charge in [-0.1, -0.05) is 19.9 Å². The van der Waals surface area contributed by atoms with E-state index in [1.807, 2.05) is 42.6 Å². The molecule has 0 aliphatic rings. The highest BCUT2D eigenvalue weighted by atomic mass is 16.5. The predicted molar refractivity (Wildman–Crippen MR) is 129 cm³/mol. The quantitative estimate of drug-likeness (QED) is 0.369. The number of nitrogens with zero attached hydrogens (tertiary/aromatic N) is 2. The number of rotatable bonds is 10. The summed E-state index contributed by atoms with van der Waals surface area (Å²) in [6.07, 6.45) is 5.27. The molecule has 2 heterocycles. The van der Waals surface area contributed by atoms with Crippen molar-refractivity contribution < 1.29 is 14.3 Å². The molecule has 4 aromatic rings. The number of carbonyl (C=O) groups excluding carboxylic acids is 1. The van der Waals surface area contributed by atoms with Crippen LogP contribution in [0, 0.1) is 5.92 Å². The Balaban J connectivity index is 1.39. The molecule has 6 nitrogen and oxygen atoms in total. The maximum atomic E-state index is 12.5. The van der Waals surface area contributed by atoms with Gasteiger partial charge in [-0.15, -0.1) is 0 Å². The first kappa shape index (κ1) is 22.0. The zero-order valence-electron chi connectivity index (χ0n) is 19.0. The van der Waals surface area contributed by atoms with Crippen LogP contribution in [0.4, 0.5) is 5.69 Å². The highest BCUT2D eigenvalue weighted by Gasteiger charge is 2.10. The van der Waals surface area contributed by atoms with Crippen molar-refractivity contribution in [3.63, 3.8) is 0 Å². The highest BCUT2D eigenvalue weighted by molar-refractivity contribution is 5.95. The lowest BCUT2D eigenvalue weighted by atomic mass is 10.1. The minimum Gasteiger partial charge on any atom is -0.483 e. The molecule has 0 unspecified atom stereocenters. The average molecular weight is 434 g/mol.